The predicted molar refractivity (Wildman–Crippen MR) is 45.7 cm³/mol. The molecule has 0 bridgehead atoms. The van der Waals surface area contributed by atoms with E-state index in [-0.39, 0.29) is 34.5 Å². The van der Waals surface area contributed by atoms with Gasteiger partial charge in [-0.1, -0.05) is 23.2 Å². The van der Waals surface area contributed by atoms with Crippen LogP contribution in [0.3, 0.4) is 0 Å². The molecule has 1 nitrogen and oxygen atoms in total. The number of hydrogen-bond acceptors (Lipinski definition) is 0. The highest BCUT2D eigenvalue weighted by Crippen LogP contribution is 2.17. The Morgan fingerprint density at radius 1 is 1.11 bits per heavy atom. The van der Waals surface area contributed by atoms with E-state index in [9.17, 15) is 0 Å². The third kappa shape index (κ3) is 8.68. The fourth-order valence-corrected chi connectivity index (χ4v) is 0.127. The molecule has 0 aromatic rings. The maximum atomic E-state index is 6.21. The monoisotopic (exact) mass is 227 g/mol. The summed E-state index contributed by atoms with van der Waals surface area (Å²) >= 11 is 15.1. The first-order chi connectivity index (χ1) is 3.18. The van der Waals surface area contributed by atoms with E-state index in [1.165, 1.54) is 0 Å². The molecule has 0 aliphatic heterocycles. The van der Waals surface area contributed by atoms with Gasteiger partial charge in [0.05, 0.1) is 6.57 Å². The first kappa shape index (κ1) is 16.3. The lowest BCUT2D eigenvalue weighted by Gasteiger charge is -1.77. The minimum atomic E-state index is -0.191. The molecular weight excluding hydrogens is 227 g/mol. The Morgan fingerprint density at radius 2 is 1.44 bits per heavy atom. The van der Waals surface area contributed by atoms with Crippen LogP contribution in [0.15, 0.2) is 9.65 Å². The summed E-state index contributed by atoms with van der Waals surface area (Å²) < 4.78 is -0.184. The largest absolute Gasteiger partial charge is 0.282 e. The van der Waals surface area contributed by atoms with E-state index >= 15 is 0 Å². The van der Waals surface area contributed by atoms with Crippen molar-refractivity contribution in [3.05, 3.63) is 21.1 Å². The topological polar surface area (TPSA) is 4.36 Å². The van der Waals surface area contributed by atoms with Crippen LogP contribution in [0.2, 0.25) is 0 Å². The third-order valence-electron chi connectivity index (χ3n) is 0.254. The normalized spacial score (nSPS) is 5.56. The lowest BCUT2D eigenvalue weighted by molar-refractivity contribution is 1.94. The number of halogens is 5. The summed E-state index contributed by atoms with van der Waals surface area (Å²) in [6.07, 6.45) is 0. The van der Waals surface area contributed by atoms with Gasteiger partial charge in [-0.05, 0) is 0 Å². The summed E-state index contributed by atoms with van der Waals surface area (Å²) in [5.74, 6) is 0. The second-order valence-electron chi connectivity index (χ2n) is 0.663. The van der Waals surface area contributed by atoms with Crippen LogP contribution >= 0.6 is 59.6 Å². The molecular formula is C3H2Cl5N. The smallest absolute Gasteiger partial charge is 0.223 e. The van der Waals surface area contributed by atoms with Gasteiger partial charge in [0, 0.05) is 0 Å². The number of hydrogen-bond donors (Lipinski definition) is 0. The van der Waals surface area contributed by atoms with E-state index < -0.39 is 0 Å². The second kappa shape index (κ2) is 8.68. The van der Waals surface area contributed by atoms with E-state index in [1.807, 2.05) is 0 Å². The van der Waals surface area contributed by atoms with Crippen molar-refractivity contribution in [3.63, 3.8) is 0 Å². The van der Waals surface area contributed by atoms with Crippen molar-refractivity contribution in [2.45, 2.75) is 0 Å². The average Bonchev–Trinajstić information content (AvgIpc) is 1.65. The zero-order valence-corrected chi connectivity index (χ0v) is 7.80. The first-order valence-corrected chi connectivity index (χ1v) is 2.40. The van der Waals surface area contributed by atoms with Crippen molar-refractivity contribution in [2.75, 3.05) is 0 Å². The van der Waals surface area contributed by atoms with Gasteiger partial charge in [-0.15, -0.1) is 36.4 Å². The number of rotatable bonds is 0. The summed E-state index contributed by atoms with van der Waals surface area (Å²) in [5.41, 5.74) is 0. The minimum absolute atomic E-state index is 0. The maximum absolute atomic E-state index is 6.21. The minimum Gasteiger partial charge on any atom is -0.223 e. The molecule has 0 saturated carbocycles. The van der Waals surface area contributed by atoms with E-state index in [4.69, 9.17) is 41.4 Å². The molecule has 0 rings (SSSR count). The summed E-state index contributed by atoms with van der Waals surface area (Å²) in [6, 6.07) is 0. The molecule has 0 heterocycles. The van der Waals surface area contributed by atoms with Gasteiger partial charge in [0.2, 0.25) is 0 Å². The van der Waals surface area contributed by atoms with E-state index in [1.54, 1.807) is 0 Å². The molecule has 54 valence electrons. The highest BCUT2D eigenvalue weighted by Gasteiger charge is 1.92. The van der Waals surface area contributed by atoms with Crippen LogP contribution in [-0.4, -0.2) is 0 Å². The Hall–Kier alpha value is 0.680. The van der Waals surface area contributed by atoms with Crippen LogP contribution in [0.5, 0.6) is 0 Å². The van der Waals surface area contributed by atoms with Gasteiger partial charge in [-0.3, -0.25) is 0 Å². The van der Waals surface area contributed by atoms with Crippen molar-refractivity contribution in [1.29, 1.82) is 0 Å². The Morgan fingerprint density at radius 3 is 1.44 bits per heavy atom. The van der Waals surface area contributed by atoms with Gasteiger partial charge >= 0.3 is 0 Å². The van der Waals surface area contributed by atoms with Crippen LogP contribution in [0, 0.1) is 6.57 Å². The molecule has 0 N–H and O–H groups in total. The quantitative estimate of drug-likeness (QED) is 0.441. The summed E-state index contributed by atoms with van der Waals surface area (Å²) in [4.78, 5) is 2.72. The number of nitrogens with zero attached hydrogens (tertiary/aromatic N) is 1. The van der Waals surface area contributed by atoms with Crippen molar-refractivity contribution in [1.82, 2.24) is 0 Å². The highest BCUT2D eigenvalue weighted by atomic mass is 35.5. The zero-order valence-electron chi connectivity index (χ0n) is 3.90. The van der Waals surface area contributed by atoms with Crippen molar-refractivity contribution in [3.8, 4) is 0 Å². The third-order valence-corrected chi connectivity index (χ3v) is 1.08. The second-order valence-corrected chi connectivity index (χ2v) is 1.97. The highest BCUT2D eigenvalue weighted by molar-refractivity contribution is 6.59. The first-order valence-electron chi connectivity index (χ1n) is 1.26. The molecule has 0 spiro atoms. The fraction of sp³-hybridized carbons (Fsp3) is 0. The summed E-state index contributed by atoms with van der Waals surface area (Å²) in [7, 11) is 0. The van der Waals surface area contributed by atoms with Crippen molar-refractivity contribution in [2.24, 2.45) is 0 Å². The van der Waals surface area contributed by atoms with Crippen LogP contribution in [0.25, 0.3) is 4.85 Å². The molecule has 6 heteroatoms. The van der Waals surface area contributed by atoms with Crippen molar-refractivity contribution >= 4 is 59.6 Å². The van der Waals surface area contributed by atoms with Crippen molar-refractivity contribution < 1.29 is 0 Å². The van der Waals surface area contributed by atoms with Crippen LogP contribution < -0.4 is 0 Å². The molecule has 0 aliphatic carbocycles. The zero-order chi connectivity index (χ0) is 5.86. The predicted octanol–water partition coefficient (Wildman–Crippen LogP) is 3.59. The van der Waals surface area contributed by atoms with Crippen LogP contribution in [0.1, 0.15) is 0 Å². The lowest BCUT2D eigenvalue weighted by atomic mass is 11.0. The molecule has 0 aromatic heterocycles. The van der Waals surface area contributed by atoms with Gasteiger partial charge in [0.15, 0.2) is 0 Å². The molecule has 0 amide bonds. The van der Waals surface area contributed by atoms with Crippen LogP contribution in [-0.2, 0) is 0 Å². The molecule has 0 aliphatic rings. The average molecular weight is 229 g/mol. The molecule has 0 aromatic carbocycles. The molecule has 0 atom stereocenters. The lowest BCUT2D eigenvalue weighted by Crippen LogP contribution is -1.54. The van der Waals surface area contributed by atoms with Gasteiger partial charge < -0.3 is 0 Å². The summed E-state index contributed by atoms with van der Waals surface area (Å²) in [6.45, 7) is 6.21. The molecule has 0 saturated heterocycles. The van der Waals surface area contributed by atoms with E-state index in [0.717, 1.165) is 0 Å². The molecule has 0 unspecified atom stereocenters. The molecule has 0 fully saturated rings. The van der Waals surface area contributed by atoms with E-state index in [0.29, 0.717) is 0 Å². The van der Waals surface area contributed by atoms with Gasteiger partial charge in [0.25, 0.3) is 5.16 Å². The van der Waals surface area contributed by atoms with Crippen LogP contribution in [0.4, 0.5) is 0 Å². The Bertz CT molecular complexity index is 130. The Kier molecular flexibility index (Phi) is 15.8. The maximum Gasteiger partial charge on any atom is 0.282 e. The standard InChI is InChI=1S/C3Cl3N.2ClH/c1-7-3(6)2(4)5;;/h;2*1H. The Balaban J connectivity index is -0.000000180. The van der Waals surface area contributed by atoms with Gasteiger partial charge in [0.1, 0.15) is 4.49 Å². The molecule has 0 radical (unpaired) electrons. The SMILES string of the molecule is Cl.Cl.[C-]#[N+]C(Cl)=C(Cl)Cl. The fourth-order valence-electron chi connectivity index (χ4n) is 0.0423. The molecule has 9 heavy (non-hydrogen) atoms. The van der Waals surface area contributed by atoms with Gasteiger partial charge in [-0.25, -0.2) is 4.85 Å². The summed E-state index contributed by atoms with van der Waals surface area (Å²) in [5, 5.41) is -0.191. The van der Waals surface area contributed by atoms with E-state index in [2.05, 4.69) is 4.85 Å². The Labute approximate surface area is 80.6 Å². The van der Waals surface area contributed by atoms with Gasteiger partial charge in [-0.2, -0.15) is 0 Å².